The number of benzene rings is 1. The van der Waals surface area contributed by atoms with Crippen molar-refractivity contribution in [2.45, 2.75) is 45.8 Å². The van der Waals surface area contributed by atoms with E-state index < -0.39 is 0 Å². The maximum atomic E-state index is 12.0. The summed E-state index contributed by atoms with van der Waals surface area (Å²) in [5, 5.41) is 15.3. The van der Waals surface area contributed by atoms with Gasteiger partial charge in [-0.15, -0.1) is 0 Å². The van der Waals surface area contributed by atoms with E-state index in [-0.39, 0.29) is 29.4 Å². The number of carbonyl (C=O) groups is 2. The minimum absolute atomic E-state index is 0.0265. The molecule has 21 heavy (non-hydrogen) atoms. The number of nitrogens with one attached hydrogen (secondary N) is 2. The first-order valence-electron chi connectivity index (χ1n) is 7.13. The number of hydrogen-bond acceptors (Lipinski definition) is 3. The monoisotopic (exact) mass is 290 g/mol. The van der Waals surface area contributed by atoms with Crippen LogP contribution >= 0.6 is 0 Å². The third-order valence-corrected chi connectivity index (χ3v) is 4.19. The molecule has 1 saturated carbocycles. The zero-order valence-corrected chi connectivity index (χ0v) is 12.6. The van der Waals surface area contributed by atoms with Crippen molar-refractivity contribution in [3.63, 3.8) is 0 Å². The largest absolute Gasteiger partial charge is 0.392 e. The maximum Gasteiger partial charge on any atom is 0.224 e. The fourth-order valence-corrected chi connectivity index (χ4v) is 2.49. The predicted octanol–water partition coefficient (Wildman–Crippen LogP) is 1.46. The number of amides is 2. The highest BCUT2D eigenvalue weighted by atomic mass is 16.3. The summed E-state index contributed by atoms with van der Waals surface area (Å²) in [6.07, 6.45) is 0.559. The van der Waals surface area contributed by atoms with Crippen molar-refractivity contribution >= 4 is 17.5 Å². The fraction of sp³-hybridized carbons (Fsp3) is 0.500. The molecule has 1 aromatic carbocycles. The highest BCUT2D eigenvalue weighted by molar-refractivity contribution is 5.88. The van der Waals surface area contributed by atoms with Crippen LogP contribution in [0.1, 0.15) is 32.8 Å². The summed E-state index contributed by atoms with van der Waals surface area (Å²) < 4.78 is 0. The van der Waals surface area contributed by atoms with E-state index in [1.54, 1.807) is 12.1 Å². The van der Waals surface area contributed by atoms with Gasteiger partial charge in [0.15, 0.2) is 0 Å². The zero-order chi connectivity index (χ0) is 15.6. The molecule has 1 fully saturated rings. The lowest BCUT2D eigenvalue weighted by Gasteiger charge is -2.49. The van der Waals surface area contributed by atoms with Crippen LogP contribution in [0.3, 0.4) is 0 Å². The lowest BCUT2D eigenvalue weighted by molar-refractivity contribution is -0.128. The Morgan fingerprint density at radius 3 is 2.38 bits per heavy atom. The number of hydrogen-bond donors (Lipinski definition) is 3. The van der Waals surface area contributed by atoms with Crippen molar-refractivity contribution in [2.24, 2.45) is 5.41 Å². The van der Waals surface area contributed by atoms with E-state index in [2.05, 4.69) is 10.6 Å². The molecule has 5 nitrogen and oxygen atoms in total. The second-order valence-corrected chi connectivity index (χ2v) is 6.25. The third-order valence-electron chi connectivity index (χ3n) is 4.19. The summed E-state index contributed by atoms with van der Waals surface area (Å²) in [6, 6.07) is 7.23. The molecule has 0 saturated heterocycles. The van der Waals surface area contributed by atoms with Crippen LogP contribution < -0.4 is 10.6 Å². The van der Waals surface area contributed by atoms with Gasteiger partial charge >= 0.3 is 0 Å². The molecule has 2 amide bonds. The Morgan fingerprint density at radius 2 is 1.90 bits per heavy atom. The molecule has 0 bridgehead atoms. The molecule has 5 heteroatoms. The van der Waals surface area contributed by atoms with Crippen LogP contribution in [0.25, 0.3) is 0 Å². The molecule has 0 radical (unpaired) electrons. The SMILES string of the molecule is CC(=O)Nc1ccc(CC(=O)NC2CC(O)C2(C)C)cc1. The topological polar surface area (TPSA) is 78.4 Å². The normalized spacial score (nSPS) is 23.0. The molecule has 0 aliphatic heterocycles. The van der Waals surface area contributed by atoms with Crippen LogP contribution in [-0.2, 0) is 16.0 Å². The Bertz CT molecular complexity index is 537. The Labute approximate surface area is 124 Å². The summed E-state index contributed by atoms with van der Waals surface area (Å²) in [6.45, 7) is 5.36. The van der Waals surface area contributed by atoms with Gasteiger partial charge < -0.3 is 15.7 Å². The first kappa shape index (κ1) is 15.5. The molecule has 1 aromatic rings. The minimum atomic E-state index is -0.347. The first-order chi connectivity index (χ1) is 9.79. The molecular formula is C16H22N2O3. The van der Waals surface area contributed by atoms with Crippen molar-refractivity contribution in [1.82, 2.24) is 5.32 Å². The van der Waals surface area contributed by atoms with Crippen LogP contribution in [0.4, 0.5) is 5.69 Å². The Morgan fingerprint density at radius 1 is 1.29 bits per heavy atom. The standard InChI is InChI=1S/C16H22N2O3/c1-10(19)17-12-6-4-11(5-7-12)8-15(21)18-13-9-14(20)16(13,2)3/h4-7,13-14,20H,8-9H2,1-3H3,(H,17,19)(H,18,21). The number of rotatable bonds is 4. The summed E-state index contributed by atoms with van der Waals surface area (Å²) >= 11 is 0. The lowest BCUT2D eigenvalue weighted by Crippen LogP contribution is -2.61. The number of aliphatic hydroxyl groups excluding tert-OH is 1. The molecule has 0 heterocycles. The molecular weight excluding hydrogens is 268 g/mol. The Kier molecular flexibility index (Phi) is 4.32. The summed E-state index contributed by atoms with van der Waals surface area (Å²) in [5.41, 5.74) is 1.35. The number of carbonyl (C=O) groups excluding carboxylic acids is 2. The van der Waals surface area contributed by atoms with E-state index in [9.17, 15) is 14.7 Å². The summed E-state index contributed by atoms with van der Waals surface area (Å²) in [5.74, 6) is -0.168. The number of aliphatic hydroxyl groups is 1. The molecule has 114 valence electrons. The average molecular weight is 290 g/mol. The highest BCUT2D eigenvalue weighted by Crippen LogP contribution is 2.40. The van der Waals surface area contributed by atoms with Crippen LogP contribution in [-0.4, -0.2) is 29.1 Å². The van der Waals surface area contributed by atoms with Gasteiger partial charge in [0.1, 0.15) is 0 Å². The minimum Gasteiger partial charge on any atom is -0.392 e. The van der Waals surface area contributed by atoms with Gasteiger partial charge in [0.05, 0.1) is 12.5 Å². The molecule has 3 N–H and O–H groups in total. The molecule has 0 aromatic heterocycles. The van der Waals surface area contributed by atoms with Gasteiger partial charge in [-0.3, -0.25) is 9.59 Å². The maximum absolute atomic E-state index is 12.0. The van der Waals surface area contributed by atoms with Crippen molar-refractivity contribution in [3.05, 3.63) is 29.8 Å². The highest BCUT2D eigenvalue weighted by Gasteiger charge is 2.47. The van der Waals surface area contributed by atoms with E-state index in [1.807, 2.05) is 26.0 Å². The quantitative estimate of drug-likeness (QED) is 0.785. The molecule has 1 aliphatic rings. The van der Waals surface area contributed by atoms with E-state index in [0.717, 1.165) is 11.3 Å². The van der Waals surface area contributed by atoms with Crippen molar-refractivity contribution in [1.29, 1.82) is 0 Å². The molecule has 1 aliphatic carbocycles. The Hall–Kier alpha value is -1.88. The van der Waals surface area contributed by atoms with Crippen LogP contribution in [0, 0.1) is 5.41 Å². The van der Waals surface area contributed by atoms with E-state index in [4.69, 9.17) is 0 Å². The van der Waals surface area contributed by atoms with Crippen molar-refractivity contribution < 1.29 is 14.7 Å². The van der Waals surface area contributed by atoms with Crippen LogP contribution in [0.5, 0.6) is 0 Å². The smallest absolute Gasteiger partial charge is 0.224 e. The van der Waals surface area contributed by atoms with Crippen LogP contribution in [0.2, 0.25) is 0 Å². The van der Waals surface area contributed by atoms with E-state index >= 15 is 0 Å². The van der Waals surface area contributed by atoms with Crippen LogP contribution in [0.15, 0.2) is 24.3 Å². The van der Waals surface area contributed by atoms with Gasteiger partial charge in [-0.05, 0) is 24.1 Å². The Balaban J connectivity index is 1.87. The average Bonchev–Trinajstić information content (AvgIpc) is 2.40. The second kappa shape index (κ2) is 5.85. The summed E-state index contributed by atoms with van der Waals surface area (Å²) in [7, 11) is 0. The van der Waals surface area contributed by atoms with Gasteiger partial charge in [-0.2, -0.15) is 0 Å². The van der Waals surface area contributed by atoms with Gasteiger partial charge in [-0.25, -0.2) is 0 Å². The van der Waals surface area contributed by atoms with Gasteiger partial charge in [0.25, 0.3) is 0 Å². The summed E-state index contributed by atoms with van der Waals surface area (Å²) in [4.78, 5) is 22.9. The van der Waals surface area contributed by atoms with Gasteiger partial charge in [-0.1, -0.05) is 26.0 Å². The number of anilines is 1. The van der Waals surface area contributed by atoms with E-state index in [0.29, 0.717) is 12.8 Å². The first-order valence-corrected chi connectivity index (χ1v) is 7.13. The molecule has 2 rings (SSSR count). The van der Waals surface area contributed by atoms with Gasteiger partial charge in [0, 0.05) is 24.1 Å². The zero-order valence-electron chi connectivity index (χ0n) is 12.6. The fourth-order valence-electron chi connectivity index (χ4n) is 2.49. The molecule has 2 atom stereocenters. The predicted molar refractivity (Wildman–Crippen MR) is 80.8 cm³/mol. The van der Waals surface area contributed by atoms with Crippen molar-refractivity contribution in [3.8, 4) is 0 Å². The van der Waals surface area contributed by atoms with Crippen molar-refractivity contribution in [2.75, 3.05) is 5.32 Å². The molecule has 2 unspecified atom stereocenters. The molecule has 0 spiro atoms. The van der Waals surface area contributed by atoms with Gasteiger partial charge in [0.2, 0.25) is 11.8 Å². The third kappa shape index (κ3) is 3.61. The second-order valence-electron chi connectivity index (χ2n) is 6.25. The van der Waals surface area contributed by atoms with E-state index in [1.165, 1.54) is 6.92 Å². The lowest BCUT2D eigenvalue weighted by atomic mass is 9.64.